The Labute approximate surface area is 170 Å². The van der Waals surface area contributed by atoms with Crippen LogP contribution >= 0.6 is 0 Å². The van der Waals surface area contributed by atoms with Crippen LogP contribution in [0.15, 0.2) is 53.4 Å². The van der Waals surface area contributed by atoms with Crippen molar-refractivity contribution in [1.29, 1.82) is 0 Å². The van der Waals surface area contributed by atoms with Crippen LogP contribution in [0.3, 0.4) is 0 Å². The predicted molar refractivity (Wildman–Crippen MR) is 109 cm³/mol. The maximum Gasteiger partial charge on any atom is 0.262 e. The Morgan fingerprint density at radius 3 is 2.41 bits per heavy atom. The van der Waals surface area contributed by atoms with Crippen LogP contribution in [0, 0.1) is 5.82 Å². The summed E-state index contributed by atoms with van der Waals surface area (Å²) in [7, 11) is -3.60. The fourth-order valence-electron chi connectivity index (χ4n) is 3.61. The molecule has 2 atom stereocenters. The molecule has 3 rings (SSSR count). The summed E-state index contributed by atoms with van der Waals surface area (Å²) in [5, 5.41) is 2.64. The number of ether oxygens (including phenoxy) is 1. The number of piperidine rings is 1. The van der Waals surface area contributed by atoms with Gasteiger partial charge < -0.3 is 10.1 Å². The number of rotatable bonds is 6. The summed E-state index contributed by atoms with van der Waals surface area (Å²) in [6.45, 7) is 3.58. The standard InChI is InChI=1S/C21H25FN2O4S/c1-15-5-3-6-16(2)24(15)29(26,27)20-11-9-18(10-12-20)23-21(25)14-28-19-8-4-7-17(22)13-19/h4,7-13,15-16H,3,5-6,14H2,1-2H3,(H,23,25). The number of carbonyl (C=O) groups is 1. The molecule has 0 radical (unpaired) electrons. The minimum atomic E-state index is -3.60. The van der Waals surface area contributed by atoms with Crippen molar-refractivity contribution in [2.24, 2.45) is 0 Å². The topological polar surface area (TPSA) is 75.7 Å². The maximum atomic E-state index is 13.1. The van der Waals surface area contributed by atoms with Crippen molar-refractivity contribution < 1.29 is 22.3 Å². The smallest absolute Gasteiger partial charge is 0.262 e. The van der Waals surface area contributed by atoms with Gasteiger partial charge in [0.2, 0.25) is 10.0 Å². The molecule has 1 saturated heterocycles. The molecule has 1 heterocycles. The second kappa shape index (κ2) is 8.92. The molecule has 8 heteroatoms. The second-order valence-electron chi connectivity index (χ2n) is 7.28. The average molecular weight is 421 g/mol. The summed E-state index contributed by atoms with van der Waals surface area (Å²) in [6.07, 6.45) is 2.73. The van der Waals surface area contributed by atoms with E-state index in [0.29, 0.717) is 5.69 Å². The van der Waals surface area contributed by atoms with Crippen molar-refractivity contribution in [2.45, 2.75) is 50.1 Å². The van der Waals surface area contributed by atoms with E-state index >= 15 is 0 Å². The quantitative estimate of drug-likeness (QED) is 0.771. The lowest BCUT2D eigenvalue weighted by Gasteiger charge is -2.37. The van der Waals surface area contributed by atoms with Crippen molar-refractivity contribution >= 4 is 21.6 Å². The third-order valence-electron chi connectivity index (χ3n) is 4.99. The van der Waals surface area contributed by atoms with Gasteiger partial charge in [0.15, 0.2) is 6.61 Å². The molecule has 0 aliphatic carbocycles. The van der Waals surface area contributed by atoms with E-state index in [4.69, 9.17) is 4.74 Å². The third kappa shape index (κ3) is 5.13. The summed E-state index contributed by atoms with van der Waals surface area (Å²) >= 11 is 0. The number of halogens is 1. The normalized spacial score (nSPS) is 20.2. The largest absolute Gasteiger partial charge is 0.484 e. The maximum absolute atomic E-state index is 13.1. The zero-order valence-electron chi connectivity index (χ0n) is 16.5. The van der Waals surface area contributed by atoms with E-state index in [0.717, 1.165) is 19.3 Å². The number of carbonyl (C=O) groups excluding carboxylic acids is 1. The van der Waals surface area contributed by atoms with Crippen LogP contribution < -0.4 is 10.1 Å². The number of nitrogens with one attached hydrogen (secondary N) is 1. The van der Waals surface area contributed by atoms with Gasteiger partial charge in [-0.1, -0.05) is 12.5 Å². The molecule has 0 bridgehead atoms. The first-order chi connectivity index (χ1) is 13.8. The third-order valence-corrected chi connectivity index (χ3v) is 7.13. The fourth-order valence-corrected chi connectivity index (χ4v) is 5.49. The van der Waals surface area contributed by atoms with Gasteiger partial charge in [-0.25, -0.2) is 12.8 Å². The lowest BCUT2D eigenvalue weighted by Crippen LogP contribution is -2.47. The number of amides is 1. The van der Waals surface area contributed by atoms with E-state index in [1.165, 1.54) is 30.3 Å². The van der Waals surface area contributed by atoms with Crippen molar-refractivity contribution in [3.8, 4) is 5.75 Å². The highest BCUT2D eigenvalue weighted by Gasteiger charge is 2.35. The first-order valence-electron chi connectivity index (χ1n) is 9.59. The minimum Gasteiger partial charge on any atom is -0.484 e. The molecule has 1 N–H and O–H groups in total. The van der Waals surface area contributed by atoms with Gasteiger partial charge in [-0.2, -0.15) is 4.31 Å². The fraction of sp³-hybridized carbons (Fsp3) is 0.381. The Kier molecular flexibility index (Phi) is 6.54. The summed E-state index contributed by atoms with van der Waals surface area (Å²) in [5.74, 6) is -0.619. The Morgan fingerprint density at radius 1 is 1.14 bits per heavy atom. The molecule has 1 fully saturated rings. The predicted octanol–water partition coefficient (Wildman–Crippen LogP) is 3.79. The number of benzene rings is 2. The Hall–Kier alpha value is -2.45. The van der Waals surface area contributed by atoms with Gasteiger partial charge in [-0.05, 0) is 63.1 Å². The van der Waals surface area contributed by atoms with Gasteiger partial charge in [0, 0.05) is 23.8 Å². The van der Waals surface area contributed by atoms with Crippen LogP contribution in [0.25, 0.3) is 0 Å². The highest BCUT2D eigenvalue weighted by molar-refractivity contribution is 7.89. The summed E-state index contributed by atoms with van der Waals surface area (Å²) in [6, 6.07) is 11.5. The van der Waals surface area contributed by atoms with Crippen LogP contribution in [0.5, 0.6) is 5.75 Å². The first-order valence-corrected chi connectivity index (χ1v) is 11.0. The monoisotopic (exact) mass is 420 g/mol. The van der Waals surface area contributed by atoms with Gasteiger partial charge in [0.25, 0.3) is 5.91 Å². The lowest BCUT2D eigenvalue weighted by atomic mass is 10.0. The van der Waals surface area contributed by atoms with Crippen molar-refractivity contribution in [2.75, 3.05) is 11.9 Å². The zero-order chi connectivity index (χ0) is 21.0. The van der Waals surface area contributed by atoms with Crippen LogP contribution in [-0.4, -0.2) is 37.3 Å². The number of hydrogen-bond acceptors (Lipinski definition) is 4. The number of hydrogen-bond donors (Lipinski definition) is 1. The van der Waals surface area contributed by atoms with Crippen LogP contribution in [0.1, 0.15) is 33.1 Å². The van der Waals surface area contributed by atoms with Gasteiger partial charge in [0.1, 0.15) is 11.6 Å². The molecule has 2 unspecified atom stereocenters. The number of nitrogens with zero attached hydrogens (tertiary/aromatic N) is 1. The molecule has 0 saturated carbocycles. The molecule has 1 aliphatic rings. The van der Waals surface area contributed by atoms with Crippen molar-refractivity contribution in [1.82, 2.24) is 4.31 Å². The number of sulfonamides is 1. The SMILES string of the molecule is CC1CCCC(C)N1S(=O)(=O)c1ccc(NC(=O)COc2cccc(F)c2)cc1. The molecular formula is C21H25FN2O4S. The van der Waals surface area contributed by atoms with E-state index in [9.17, 15) is 17.6 Å². The van der Waals surface area contributed by atoms with E-state index in [2.05, 4.69) is 5.32 Å². The molecule has 1 aliphatic heterocycles. The molecule has 29 heavy (non-hydrogen) atoms. The zero-order valence-corrected chi connectivity index (χ0v) is 17.3. The molecule has 0 aromatic heterocycles. The van der Waals surface area contributed by atoms with Crippen molar-refractivity contribution in [3.63, 3.8) is 0 Å². The second-order valence-corrected chi connectivity index (χ2v) is 9.13. The van der Waals surface area contributed by atoms with E-state index in [1.54, 1.807) is 22.5 Å². The lowest BCUT2D eigenvalue weighted by molar-refractivity contribution is -0.118. The highest BCUT2D eigenvalue weighted by Crippen LogP contribution is 2.29. The van der Waals surface area contributed by atoms with Gasteiger partial charge in [-0.15, -0.1) is 0 Å². The number of anilines is 1. The Bertz CT molecular complexity index is 953. The Morgan fingerprint density at radius 2 is 1.79 bits per heavy atom. The van der Waals surface area contributed by atoms with Gasteiger partial charge >= 0.3 is 0 Å². The van der Waals surface area contributed by atoms with E-state index in [1.807, 2.05) is 13.8 Å². The average Bonchev–Trinajstić information content (AvgIpc) is 2.66. The molecule has 2 aromatic rings. The molecule has 2 aromatic carbocycles. The molecule has 6 nitrogen and oxygen atoms in total. The van der Waals surface area contributed by atoms with Gasteiger partial charge in [0.05, 0.1) is 4.90 Å². The van der Waals surface area contributed by atoms with Crippen LogP contribution in [0.2, 0.25) is 0 Å². The summed E-state index contributed by atoms with van der Waals surface area (Å²) in [5.41, 5.74) is 0.455. The molecule has 1 amide bonds. The first kappa shape index (κ1) is 21.3. The van der Waals surface area contributed by atoms with Crippen molar-refractivity contribution in [3.05, 3.63) is 54.3 Å². The molecule has 156 valence electrons. The van der Waals surface area contributed by atoms with Gasteiger partial charge in [-0.3, -0.25) is 4.79 Å². The van der Waals surface area contributed by atoms with E-state index in [-0.39, 0.29) is 29.3 Å². The Balaban J connectivity index is 1.63. The summed E-state index contributed by atoms with van der Waals surface area (Å²) in [4.78, 5) is 12.2. The summed E-state index contributed by atoms with van der Waals surface area (Å²) < 4.78 is 46.0. The minimum absolute atomic E-state index is 0.0388. The molecular weight excluding hydrogens is 395 g/mol. The molecule has 0 spiro atoms. The van der Waals surface area contributed by atoms with Crippen LogP contribution in [-0.2, 0) is 14.8 Å². The highest BCUT2D eigenvalue weighted by atomic mass is 32.2. The van der Waals surface area contributed by atoms with E-state index < -0.39 is 21.7 Å². The van der Waals surface area contributed by atoms with Crippen LogP contribution in [0.4, 0.5) is 10.1 Å².